The summed E-state index contributed by atoms with van der Waals surface area (Å²) < 4.78 is 5.44. The Kier molecular flexibility index (Phi) is 1.35. The average molecular weight is 150 g/mol. The number of fused-ring (bicyclic) bond motifs is 1. The van der Waals surface area contributed by atoms with Crippen LogP contribution in [0.2, 0.25) is 0 Å². The second kappa shape index (κ2) is 2.13. The van der Waals surface area contributed by atoms with E-state index in [1.54, 1.807) is 0 Å². The van der Waals surface area contributed by atoms with Crippen LogP contribution in [0, 0.1) is 5.41 Å². The summed E-state index contributed by atoms with van der Waals surface area (Å²) in [6, 6.07) is 0. The predicted octanol–water partition coefficient (Wildman–Crippen LogP) is 2.65. The minimum Gasteiger partial charge on any atom is -0.493 e. The molecule has 2 aliphatic rings. The first-order valence-electron chi connectivity index (χ1n) is 4.22. The molecule has 0 aromatic heterocycles. The van der Waals surface area contributed by atoms with E-state index in [0.717, 1.165) is 25.2 Å². The second-order valence-corrected chi connectivity index (χ2v) is 4.03. The maximum Gasteiger partial charge on any atom is 0.118 e. The van der Waals surface area contributed by atoms with Crippen molar-refractivity contribution in [3.63, 3.8) is 0 Å². The molecular formula is C10H14O. The standard InChI is InChI=1S/C10H14O/c1-10(2)5-3-9-8(7-10)4-6-11-9/h3,7H,4-6H2,1-2H3. The molecule has 1 heteroatoms. The Labute approximate surface area is 67.7 Å². The largest absolute Gasteiger partial charge is 0.493 e. The topological polar surface area (TPSA) is 9.23 Å². The monoisotopic (exact) mass is 150 g/mol. The van der Waals surface area contributed by atoms with E-state index >= 15 is 0 Å². The smallest absolute Gasteiger partial charge is 0.118 e. The zero-order valence-corrected chi connectivity index (χ0v) is 7.18. The fourth-order valence-electron chi connectivity index (χ4n) is 1.71. The molecule has 11 heavy (non-hydrogen) atoms. The molecule has 0 aromatic carbocycles. The van der Waals surface area contributed by atoms with Crippen molar-refractivity contribution in [1.29, 1.82) is 0 Å². The maximum absolute atomic E-state index is 5.44. The molecule has 0 saturated carbocycles. The molecule has 60 valence electrons. The molecule has 0 radical (unpaired) electrons. The number of rotatable bonds is 0. The van der Waals surface area contributed by atoms with Crippen LogP contribution < -0.4 is 0 Å². The molecule has 0 unspecified atom stereocenters. The third-order valence-corrected chi connectivity index (χ3v) is 2.32. The quantitative estimate of drug-likeness (QED) is 0.516. The molecule has 1 saturated heterocycles. The minimum absolute atomic E-state index is 0.354. The number of allylic oxidation sites excluding steroid dienone is 3. The highest BCUT2D eigenvalue weighted by Crippen LogP contribution is 2.36. The van der Waals surface area contributed by atoms with E-state index in [0.29, 0.717) is 5.41 Å². The lowest BCUT2D eigenvalue weighted by Crippen LogP contribution is -2.10. The lowest BCUT2D eigenvalue weighted by Gasteiger charge is -2.23. The van der Waals surface area contributed by atoms with E-state index in [9.17, 15) is 0 Å². The van der Waals surface area contributed by atoms with Gasteiger partial charge in [-0.1, -0.05) is 19.9 Å². The van der Waals surface area contributed by atoms with Crippen molar-refractivity contribution in [3.8, 4) is 0 Å². The Balaban J connectivity index is 2.31. The van der Waals surface area contributed by atoms with E-state index in [-0.39, 0.29) is 0 Å². The summed E-state index contributed by atoms with van der Waals surface area (Å²) in [5.74, 6) is 1.14. The van der Waals surface area contributed by atoms with Crippen molar-refractivity contribution in [2.24, 2.45) is 5.41 Å². The van der Waals surface area contributed by atoms with Gasteiger partial charge in [-0.3, -0.25) is 0 Å². The molecule has 1 fully saturated rings. The number of hydrogen-bond donors (Lipinski definition) is 0. The van der Waals surface area contributed by atoms with Crippen molar-refractivity contribution in [2.75, 3.05) is 6.61 Å². The van der Waals surface area contributed by atoms with Crippen molar-refractivity contribution >= 4 is 0 Å². The third-order valence-electron chi connectivity index (χ3n) is 2.32. The molecule has 0 aromatic rings. The van der Waals surface area contributed by atoms with Gasteiger partial charge in [-0.2, -0.15) is 0 Å². The normalized spacial score (nSPS) is 26.7. The molecule has 1 aliphatic heterocycles. The Morgan fingerprint density at radius 2 is 2.27 bits per heavy atom. The first kappa shape index (κ1) is 6.96. The van der Waals surface area contributed by atoms with Gasteiger partial charge >= 0.3 is 0 Å². The van der Waals surface area contributed by atoms with Crippen LogP contribution in [0.15, 0.2) is 23.5 Å². The van der Waals surface area contributed by atoms with Gasteiger partial charge in [0.1, 0.15) is 5.76 Å². The second-order valence-electron chi connectivity index (χ2n) is 4.03. The Morgan fingerprint density at radius 3 is 3.09 bits per heavy atom. The van der Waals surface area contributed by atoms with Gasteiger partial charge in [0.25, 0.3) is 0 Å². The fraction of sp³-hybridized carbons (Fsp3) is 0.600. The molecule has 0 amide bonds. The van der Waals surface area contributed by atoms with Gasteiger partial charge in [-0.25, -0.2) is 0 Å². The minimum atomic E-state index is 0.354. The zero-order valence-electron chi connectivity index (χ0n) is 7.18. The maximum atomic E-state index is 5.44. The summed E-state index contributed by atoms with van der Waals surface area (Å²) in [5, 5.41) is 0. The van der Waals surface area contributed by atoms with Gasteiger partial charge in [0, 0.05) is 6.42 Å². The Bertz CT molecular complexity index is 233. The summed E-state index contributed by atoms with van der Waals surface area (Å²) >= 11 is 0. The molecular weight excluding hydrogens is 136 g/mol. The van der Waals surface area contributed by atoms with E-state index in [1.807, 2.05) is 0 Å². The summed E-state index contributed by atoms with van der Waals surface area (Å²) in [6.07, 6.45) is 6.80. The van der Waals surface area contributed by atoms with Gasteiger partial charge in [-0.15, -0.1) is 0 Å². The van der Waals surface area contributed by atoms with Crippen molar-refractivity contribution in [3.05, 3.63) is 23.5 Å². The third kappa shape index (κ3) is 1.20. The first-order chi connectivity index (χ1) is 5.17. The van der Waals surface area contributed by atoms with Crippen LogP contribution in [0.3, 0.4) is 0 Å². The fourth-order valence-corrected chi connectivity index (χ4v) is 1.71. The SMILES string of the molecule is CC1(C)C=C2CCOC2=CC1. The summed E-state index contributed by atoms with van der Waals surface area (Å²) in [5.41, 5.74) is 1.77. The summed E-state index contributed by atoms with van der Waals surface area (Å²) in [4.78, 5) is 0. The van der Waals surface area contributed by atoms with Crippen LogP contribution in [-0.4, -0.2) is 6.61 Å². The molecule has 0 bridgehead atoms. The number of ether oxygens (including phenoxy) is 1. The molecule has 0 spiro atoms. The Morgan fingerprint density at radius 1 is 1.45 bits per heavy atom. The van der Waals surface area contributed by atoms with Gasteiger partial charge in [0.2, 0.25) is 0 Å². The van der Waals surface area contributed by atoms with Crippen molar-refractivity contribution in [1.82, 2.24) is 0 Å². The predicted molar refractivity (Wildman–Crippen MR) is 45.1 cm³/mol. The molecule has 1 heterocycles. The Hall–Kier alpha value is -0.720. The highest BCUT2D eigenvalue weighted by Gasteiger charge is 2.25. The van der Waals surface area contributed by atoms with Crippen molar-refractivity contribution < 1.29 is 4.74 Å². The highest BCUT2D eigenvalue weighted by molar-refractivity contribution is 5.34. The summed E-state index contributed by atoms with van der Waals surface area (Å²) in [7, 11) is 0. The molecule has 0 atom stereocenters. The van der Waals surface area contributed by atoms with Crippen LogP contribution in [0.25, 0.3) is 0 Å². The molecule has 2 rings (SSSR count). The first-order valence-corrected chi connectivity index (χ1v) is 4.22. The van der Waals surface area contributed by atoms with Crippen LogP contribution >= 0.6 is 0 Å². The van der Waals surface area contributed by atoms with Gasteiger partial charge in [-0.05, 0) is 23.5 Å². The summed E-state index contributed by atoms with van der Waals surface area (Å²) in [6.45, 7) is 5.42. The highest BCUT2D eigenvalue weighted by atomic mass is 16.5. The van der Waals surface area contributed by atoms with Gasteiger partial charge in [0.05, 0.1) is 6.61 Å². The van der Waals surface area contributed by atoms with Gasteiger partial charge < -0.3 is 4.74 Å². The van der Waals surface area contributed by atoms with E-state index < -0.39 is 0 Å². The van der Waals surface area contributed by atoms with Crippen LogP contribution in [-0.2, 0) is 4.74 Å². The van der Waals surface area contributed by atoms with E-state index in [4.69, 9.17) is 4.74 Å². The lowest BCUT2D eigenvalue weighted by atomic mass is 9.83. The van der Waals surface area contributed by atoms with Gasteiger partial charge in [0.15, 0.2) is 0 Å². The van der Waals surface area contributed by atoms with Crippen molar-refractivity contribution in [2.45, 2.75) is 26.7 Å². The van der Waals surface area contributed by atoms with Crippen LogP contribution in [0.4, 0.5) is 0 Å². The number of hydrogen-bond acceptors (Lipinski definition) is 1. The average Bonchev–Trinajstić information content (AvgIpc) is 2.31. The molecule has 1 aliphatic carbocycles. The molecule has 0 N–H and O–H groups in total. The van der Waals surface area contributed by atoms with Crippen LogP contribution in [0.1, 0.15) is 26.7 Å². The van der Waals surface area contributed by atoms with E-state index in [2.05, 4.69) is 26.0 Å². The van der Waals surface area contributed by atoms with E-state index in [1.165, 1.54) is 5.57 Å². The lowest BCUT2D eigenvalue weighted by molar-refractivity contribution is 0.261. The molecule has 1 nitrogen and oxygen atoms in total. The van der Waals surface area contributed by atoms with Crippen LogP contribution in [0.5, 0.6) is 0 Å². The zero-order chi connectivity index (χ0) is 7.90.